The lowest BCUT2D eigenvalue weighted by atomic mass is 10.2. The molecule has 0 aromatic carbocycles. The fourth-order valence-corrected chi connectivity index (χ4v) is 3.39. The third-order valence-electron chi connectivity index (χ3n) is 4.26. The van der Waals surface area contributed by atoms with E-state index >= 15 is 0 Å². The van der Waals surface area contributed by atoms with Crippen LogP contribution in [0.5, 0.6) is 0 Å². The van der Waals surface area contributed by atoms with Crippen LogP contribution < -0.4 is 0 Å². The molecule has 2 heterocycles. The van der Waals surface area contributed by atoms with Gasteiger partial charge in [0.15, 0.2) is 0 Å². The maximum atomic E-state index is 12.7. The second-order valence-corrected chi connectivity index (χ2v) is 6.58. The molecule has 0 radical (unpaired) electrons. The lowest BCUT2D eigenvalue weighted by molar-refractivity contribution is -0.137. The van der Waals surface area contributed by atoms with E-state index in [0.717, 1.165) is 39.0 Å². The summed E-state index contributed by atoms with van der Waals surface area (Å²) in [6.45, 7) is 7.96. The van der Waals surface area contributed by atoms with Crippen LogP contribution in [-0.2, 0) is 4.79 Å². The van der Waals surface area contributed by atoms with E-state index in [1.54, 1.807) is 0 Å². The zero-order chi connectivity index (χ0) is 15.4. The number of amides is 2. The zero-order valence-corrected chi connectivity index (χ0v) is 13.1. The van der Waals surface area contributed by atoms with Gasteiger partial charge in [-0.1, -0.05) is 13.8 Å². The van der Waals surface area contributed by atoms with Gasteiger partial charge in [-0.15, -0.1) is 0 Å². The molecule has 6 nitrogen and oxygen atoms in total. The number of rotatable bonds is 4. The van der Waals surface area contributed by atoms with Gasteiger partial charge in [0.1, 0.15) is 6.54 Å². The molecule has 1 N–H and O–H groups in total. The maximum absolute atomic E-state index is 12.7. The number of aliphatic carboxylic acids is 1. The van der Waals surface area contributed by atoms with Gasteiger partial charge in [0.05, 0.1) is 0 Å². The van der Waals surface area contributed by atoms with E-state index in [9.17, 15) is 9.59 Å². The van der Waals surface area contributed by atoms with Gasteiger partial charge in [-0.2, -0.15) is 0 Å². The minimum Gasteiger partial charge on any atom is -0.480 e. The molecular formula is C15H27N3O3. The average Bonchev–Trinajstić information content (AvgIpc) is 2.73. The predicted octanol–water partition coefficient (Wildman–Crippen LogP) is 1.32. The van der Waals surface area contributed by atoms with E-state index in [2.05, 4.69) is 4.90 Å². The third kappa shape index (κ3) is 4.33. The van der Waals surface area contributed by atoms with Gasteiger partial charge in [-0.3, -0.25) is 9.69 Å². The summed E-state index contributed by atoms with van der Waals surface area (Å²) in [6.07, 6.45) is 3.33. The van der Waals surface area contributed by atoms with Gasteiger partial charge in [0.2, 0.25) is 0 Å². The summed E-state index contributed by atoms with van der Waals surface area (Å²) in [5.74, 6) is -0.676. The van der Waals surface area contributed by atoms with Gasteiger partial charge in [-0.05, 0) is 31.7 Å². The van der Waals surface area contributed by atoms with Crippen LogP contribution in [0, 0.1) is 5.92 Å². The summed E-state index contributed by atoms with van der Waals surface area (Å²) in [4.78, 5) is 29.5. The third-order valence-corrected chi connectivity index (χ3v) is 4.26. The van der Waals surface area contributed by atoms with Gasteiger partial charge in [-0.25, -0.2) is 4.79 Å². The van der Waals surface area contributed by atoms with Gasteiger partial charge < -0.3 is 14.9 Å². The standard InChI is InChI=1S/C15H27N3O3/c1-12(2)9-18(11-14(19)20)15(21)17-8-4-7-16-6-3-5-13(16)10-17/h12-13H,3-11H2,1-2H3,(H,19,20). The van der Waals surface area contributed by atoms with Crippen molar-refractivity contribution in [3.8, 4) is 0 Å². The van der Waals surface area contributed by atoms with E-state index in [-0.39, 0.29) is 18.5 Å². The summed E-state index contributed by atoms with van der Waals surface area (Å²) in [7, 11) is 0. The number of nitrogens with zero attached hydrogens (tertiary/aromatic N) is 3. The molecule has 2 aliphatic rings. The number of fused-ring (bicyclic) bond motifs is 1. The smallest absolute Gasteiger partial charge is 0.323 e. The van der Waals surface area contributed by atoms with Crippen LogP contribution in [0.15, 0.2) is 0 Å². The summed E-state index contributed by atoms with van der Waals surface area (Å²) >= 11 is 0. The highest BCUT2D eigenvalue weighted by Gasteiger charge is 2.32. The van der Waals surface area contributed by atoms with Crippen LogP contribution in [0.3, 0.4) is 0 Å². The van der Waals surface area contributed by atoms with Crippen molar-refractivity contribution < 1.29 is 14.7 Å². The van der Waals surface area contributed by atoms with Gasteiger partial charge in [0, 0.05) is 32.2 Å². The van der Waals surface area contributed by atoms with Crippen molar-refractivity contribution in [3.05, 3.63) is 0 Å². The average molecular weight is 297 g/mol. The highest BCUT2D eigenvalue weighted by molar-refractivity contribution is 5.80. The lowest BCUT2D eigenvalue weighted by Gasteiger charge is -2.31. The monoisotopic (exact) mass is 297 g/mol. The summed E-state index contributed by atoms with van der Waals surface area (Å²) in [6, 6.07) is 0.349. The Morgan fingerprint density at radius 1 is 1.24 bits per heavy atom. The van der Waals surface area contributed by atoms with Gasteiger partial charge in [0.25, 0.3) is 0 Å². The highest BCUT2D eigenvalue weighted by atomic mass is 16.4. The molecule has 1 unspecified atom stereocenters. The normalized spacial score (nSPS) is 23.0. The highest BCUT2D eigenvalue weighted by Crippen LogP contribution is 2.22. The summed E-state index contributed by atoms with van der Waals surface area (Å²) in [5, 5.41) is 9.03. The number of carbonyl (C=O) groups is 2. The van der Waals surface area contributed by atoms with Crippen molar-refractivity contribution in [2.24, 2.45) is 5.92 Å². The maximum Gasteiger partial charge on any atom is 0.323 e. The first-order valence-electron chi connectivity index (χ1n) is 7.97. The molecule has 1 atom stereocenters. The molecule has 0 saturated carbocycles. The van der Waals surface area contributed by atoms with E-state index in [4.69, 9.17) is 5.11 Å². The molecule has 120 valence electrons. The zero-order valence-electron chi connectivity index (χ0n) is 13.1. The number of carboxylic acids is 1. The second kappa shape index (κ2) is 7.11. The predicted molar refractivity (Wildman–Crippen MR) is 80.2 cm³/mol. The Morgan fingerprint density at radius 2 is 1.95 bits per heavy atom. The Kier molecular flexibility index (Phi) is 5.45. The first-order valence-corrected chi connectivity index (χ1v) is 7.97. The minimum absolute atomic E-state index is 0.111. The van der Waals surface area contributed by atoms with Crippen LogP contribution >= 0.6 is 0 Å². The number of urea groups is 1. The van der Waals surface area contributed by atoms with Crippen LogP contribution in [0.4, 0.5) is 4.79 Å². The largest absolute Gasteiger partial charge is 0.480 e. The van der Waals surface area contributed by atoms with Gasteiger partial charge >= 0.3 is 12.0 Å². The molecule has 2 fully saturated rings. The summed E-state index contributed by atoms with van der Waals surface area (Å²) < 4.78 is 0. The molecule has 0 aliphatic carbocycles. The fourth-order valence-electron chi connectivity index (χ4n) is 3.39. The van der Waals surface area contributed by atoms with E-state index in [1.165, 1.54) is 11.3 Å². The molecule has 0 spiro atoms. The molecule has 0 bridgehead atoms. The Bertz CT molecular complexity index is 386. The first-order chi connectivity index (χ1) is 9.97. The van der Waals surface area contributed by atoms with Crippen LogP contribution in [0.1, 0.15) is 33.1 Å². The molecule has 6 heteroatoms. The van der Waals surface area contributed by atoms with E-state index in [1.807, 2.05) is 18.7 Å². The Morgan fingerprint density at radius 3 is 2.62 bits per heavy atom. The van der Waals surface area contributed by atoms with Crippen LogP contribution in [0.2, 0.25) is 0 Å². The number of carbonyl (C=O) groups excluding carboxylic acids is 1. The molecule has 2 aliphatic heterocycles. The van der Waals surface area contributed by atoms with E-state index < -0.39 is 5.97 Å². The number of carboxylic acid groups (broad SMARTS) is 1. The topological polar surface area (TPSA) is 64.1 Å². The number of hydrogen-bond donors (Lipinski definition) is 1. The molecule has 21 heavy (non-hydrogen) atoms. The van der Waals surface area contributed by atoms with Crippen molar-refractivity contribution in [2.45, 2.75) is 39.2 Å². The Balaban J connectivity index is 2.02. The summed E-state index contributed by atoms with van der Waals surface area (Å²) in [5.41, 5.74) is 0. The van der Waals surface area contributed by atoms with Crippen LogP contribution in [0.25, 0.3) is 0 Å². The van der Waals surface area contributed by atoms with Crippen LogP contribution in [-0.4, -0.2) is 77.1 Å². The lowest BCUT2D eigenvalue weighted by Crippen LogP contribution is -2.49. The molecule has 2 rings (SSSR count). The molecule has 2 saturated heterocycles. The fraction of sp³-hybridized carbons (Fsp3) is 0.867. The number of hydrogen-bond acceptors (Lipinski definition) is 3. The molecule has 0 aromatic heterocycles. The van der Waals surface area contributed by atoms with Crippen molar-refractivity contribution in [3.63, 3.8) is 0 Å². The second-order valence-electron chi connectivity index (χ2n) is 6.58. The Hall–Kier alpha value is -1.30. The Labute approximate surface area is 126 Å². The molecule has 0 aromatic rings. The van der Waals surface area contributed by atoms with Crippen molar-refractivity contribution >= 4 is 12.0 Å². The van der Waals surface area contributed by atoms with Crippen molar-refractivity contribution in [1.82, 2.24) is 14.7 Å². The SMILES string of the molecule is CC(C)CN(CC(=O)O)C(=O)N1CCCN2CCCC2C1. The first kappa shape index (κ1) is 16.1. The minimum atomic E-state index is -0.943. The van der Waals surface area contributed by atoms with Crippen molar-refractivity contribution in [1.29, 1.82) is 0 Å². The van der Waals surface area contributed by atoms with E-state index in [0.29, 0.717) is 12.6 Å². The van der Waals surface area contributed by atoms with Crippen molar-refractivity contribution in [2.75, 3.05) is 39.3 Å². The molecule has 2 amide bonds. The quantitative estimate of drug-likeness (QED) is 0.850. The molecular weight excluding hydrogens is 270 g/mol.